The molecule has 0 bridgehead atoms. The highest BCUT2D eigenvalue weighted by atomic mass is 16.5. The molecule has 444 valence electrons. The first-order valence-corrected chi connectivity index (χ1v) is 33.0. The summed E-state index contributed by atoms with van der Waals surface area (Å²) in [5.41, 5.74) is 30.6. The van der Waals surface area contributed by atoms with Crippen LogP contribution in [0.15, 0.2) is 341 Å². The second-order valence-corrected chi connectivity index (χ2v) is 26.1. The lowest BCUT2D eigenvalue weighted by atomic mass is 9.84. The van der Waals surface area contributed by atoms with Crippen LogP contribution in [0.4, 0.5) is 0 Å². The fourth-order valence-corrected chi connectivity index (χ4v) is 17.8. The summed E-state index contributed by atoms with van der Waals surface area (Å²) in [6, 6.07) is 111. The maximum atomic E-state index is 8.08. The van der Waals surface area contributed by atoms with E-state index < -0.39 is 16.8 Å². The molecule has 0 atom stereocenters. The highest BCUT2D eigenvalue weighted by Crippen LogP contribution is 2.65. The van der Waals surface area contributed by atoms with Crippen molar-refractivity contribution in [3.8, 4) is 66.8 Å². The Labute approximate surface area is 553 Å². The first-order valence-electron chi connectivity index (χ1n) is 33.0. The molecule has 0 N–H and O–H groups in total. The quantitative estimate of drug-likeness (QED) is 0.177. The van der Waals surface area contributed by atoms with Crippen molar-refractivity contribution < 1.29 is 14.2 Å². The molecule has 0 saturated carbocycles. The van der Waals surface area contributed by atoms with Crippen LogP contribution < -0.4 is 0 Å². The van der Waals surface area contributed by atoms with Gasteiger partial charge in [-0.15, -0.1) is 0 Å². The van der Waals surface area contributed by atoms with E-state index in [1.807, 2.05) is 0 Å². The molecular formula is C90H51N3O3. The summed E-state index contributed by atoms with van der Waals surface area (Å²) in [5, 5.41) is 0. The normalized spacial score (nSPS) is 16.7. The van der Waals surface area contributed by atoms with E-state index in [2.05, 4.69) is 309 Å². The van der Waals surface area contributed by atoms with Gasteiger partial charge in [0.2, 0.25) is 34.5 Å². The van der Waals surface area contributed by atoms with E-state index in [0.717, 1.165) is 167 Å². The number of rotatable bonds is 3. The van der Waals surface area contributed by atoms with Gasteiger partial charge in [-0.25, -0.2) is 15.0 Å². The Morgan fingerprint density at radius 1 is 0.177 bits per heavy atom. The minimum Gasteiger partial charge on any atom is -0.454 e. The van der Waals surface area contributed by atoms with Crippen molar-refractivity contribution in [1.29, 1.82) is 0 Å². The summed E-state index contributed by atoms with van der Waals surface area (Å²) in [7, 11) is 0. The summed E-state index contributed by atoms with van der Waals surface area (Å²) < 4.78 is 24.3. The Morgan fingerprint density at radius 2 is 0.333 bits per heavy atom. The van der Waals surface area contributed by atoms with Crippen LogP contribution in [0.25, 0.3) is 83.5 Å². The van der Waals surface area contributed by atoms with E-state index in [9.17, 15) is 0 Å². The Balaban J connectivity index is 0.848. The summed E-state index contributed by atoms with van der Waals surface area (Å²) >= 11 is 0. The number of hydrogen-bond donors (Lipinski definition) is 0. The van der Waals surface area contributed by atoms with Gasteiger partial charge < -0.3 is 14.2 Å². The van der Waals surface area contributed by atoms with E-state index in [4.69, 9.17) is 29.2 Å². The highest BCUT2D eigenvalue weighted by molar-refractivity contribution is 6.14. The molecule has 3 aliphatic heterocycles. The predicted molar refractivity (Wildman–Crippen MR) is 381 cm³/mol. The van der Waals surface area contributed by atoms with Crippen molar-refractivity contribution in [2.24, 2.45) is 15.0 Å². The zero-order chi connectivity index (χ0) is 62.6. The number of fused-ring (bicyclic) bond motifs is 24. The van der Waals surface area contributed by atoms with Crippen LogP contribution in [-0.2, 0) is 31.0 Å². The molecule has 3 heterocycles. The van der Waals surface area contributed by atoms with Gasteiger partial charge in [0, 0.05) is 66.8 Å². The molecule has 9 aliphatic rings. The molecule has 13 aromatic carbocycles. The topological polar surface area (TPSA) is 64.8 Å². The zero-order valence-corrected chi connectivity index (χ0v) is 51.5. The zero-order valence-electron chi connectivity index (χ0n) is 51.5. The van der Waals surface area contributed by atoms with Gasteiger partial charge in [0.1, 0.15) is 17.1 Å². The molecule has 0 saturated heterocycles. The monoisotopic (exact) mass is 1220 g/mol. The fourth-order valence-electron chi connectivity index (χ4n) is 17.8. The van der Waals surface area contributed by atoms with Gasteiger partial charge in [0.25, 0.3) is 0 Å². The maximum absolute atomic E-state index is 8.08. The minimum atomic E-state index is -1.17. The third-order valence-electron chi connectivity index (χ3n) is 21.5. The number of aliphatic imine (C=N–C) groups is 3. The molecule has 0 fully saturated rings. The van der Waals surface area contributed by atoms with E-state index in [1.54, 1.807) is 0 Å². The van der Waals surface area contributed by atoms with Gasteiger partial charge >= 0.3 is 0 Å². The molecule has 96 heavy (non-hydrogen) atoms. The second-order valence-electron chi connectivity index (χ2n) is 26.1. The fraction of sp³-hybridized carbons (Fsp3) is 0.0333. The average Bonchev–Trinajstić information content (AvgIpc) is 1.54. The first-order chi connectivity index (χ1) is 47.6. The average molecular weight is 1220 g/mol. The van der Waals surface area contributed by atoms with Crippen molar-refractivity contribution in [3.63, 3.8) is 0 Å². The number of nitrogens with zero attached hydrogens (tertiary/aromatic N) is 3. The van der Waals surface area contributed by atoms with E-state index >= 15 is 0 Å². The van der Waals surface area contributed by atoms with Crippen molar-refractivity contribution in [3.05, 3.63) is 410 Å². The van der Waals surface area contributed by atoms with Gasteiger partial charge in [-0.2, -0.15) is 0 Å². The van der Waals surface area contributed by atoms with Crippen LogP contribution in [0, 0.1) is 0 Å². The van der Waals surface area contributed by atoms with Crippen molar-refractivity contribution in [2.45, 2.75) is 16.8 Å². The molecule has 22 rings (SSSR count). The number of benzene rings is 13. The van der Waals surface area contributed by atoms with Gasteiger partial charge in [-0.3, -0.25) is 0 Å². The predicted octanol–water partition coefficient (Wildman–Crippen LogP) is 20.1. The van der Waals surface area contributed by atoms with Crippen LogP contribution >= 0.6 is 0 Å². The standard InChI is InChI=1S/C90H51N3O3/c1-7-37-67-55(25-1)56-26-2-8-38-68(56)79(67)82-88(73-43-19-13-31-61(73)62-32-14-20-44-74(62)88)94-85(91-82)52-49-53(86-92-83(80-69-39-9-3-27-57(69)58-28-4-10-40-70(58)80)89(95-86)75-45-21-15-33-63(75)64-34-16-22-46-76(64)89)51-54(50-52)87-93-84(81-71-41-11-5-29-59(71)60-30-6-12-42-72(60)81)90(96-87)77-47-23-17-35-65(77)66-36-18-24-48-78(66)90/h1-51H. The van der Waals surface area contributed by atoms with E-state index in [1.165, 1.54) is 0 Å². The molecule has 6 heteroatoms. The molecule has 0 amide bonds. The summed E-state index contributed by atoms with van der Waals surface area (Å²) in [4.78, 5) is 18.1. The lowest BCUT2D eigenvalue weighted by Gasteiger charge is -2.30. The molecule has 6 nitrogen and oxygen atoms in total. The van der Waals surface area contributed by atoms with Gasteiger partial charge in [-0.05, 0) is 118 Å². The van der Waals surface area contributed by atoms with Crippen LogP contribution in [0.3, 0.4) is 0 Å². The van der Waals surface area contributed by atoms with E-state index in [-0.39, 0.29) is 0 Å². The van der Waals surface area contributed by atoms with Gasteiger partial charge in [0.15, 0.2) is 0 Å². The molecule has 13 aromatic rings. The SMILES string of the molecule is c1ccc2c(c1)C(=C1N=C(c3cc(C4=NC(=C5c6ccccc6-c6ccccc65)C5(O4)c4ccccc4-c4ccccc45)cc(C4=NC(=C5c6ccccc6-c6ccccc65)C5(O4)c4ccccc4-c4ccccc45)c3)OC13c1ccccc1-c1ccccc13)c1ccccc1-2. The van der Waals surface area contributed by atoms with Gasteiger partial charge in [-0.1, -0.05) is 291 Å². The Morgan fingerprint density at radius 3 is 0.521 bits per heavy atom. The number of ether oxygens (including phenoxy) is 3. The Bertz CT molecular complexity index is 5100. The van der Waals surface area contributed by atoms with Crippen molar-refractivity contribution >= 4 is 34.4 Å². The second kappa shape index (κ2) is 18.8. The summed E-state index contributed by atoms with van der Waals surface area (Å²) in [5.74, 6) is 1.33. The van der Waals surface area contributed by atoms with Crippen molar-refractivity contribution in [2.75, 3.05) is 0 Å². The summed E-state index contributed by atoms with van der Waals surface area (Å²) in [6.07, 6.45) is 0. The van der Waals surface area contributed by atoms with E-state index in [0.29, 0.717) is 34.4 Å². The lowest BCUT2D eigenvalue weighted by molar-refractivity contribution is 0.161. The smallest absolute Gasteiger partial charge is 0.222 e. The third kappa shape index (κ3) is 6.52. The van der Waals surface area contributed by atoms with Crippen LogP contribution in [0.1, 0.15) is 83.5 Å². The van der Waals surface area contributed by atoms with Crippen LogP contribution in [0.2, 0.25) is 0 Å². The Hall–Kier alpha value is -12.5. The third-order valence-corrected chi connectivity index (χ3v) is 21.5. The maximum Gasteiger partial charge on any atom is 0.222 e. The lowest BCUT2D eigenvalue weighted by Crippen LogP contribution is -2.30. The summed E-state index contributed by atoms with van der Waals surface area (Å²) in [6.45, 7) is 0. The van der Waals surface area contributed by atoms with Crippen LogP contribution in [0.5, 0.6) is 0 Å². The molecule has 0 aromatic heterocycles. The highest BCUT2D eigenvalue weighted by Gasteiger charge is 2.59. The minimum absolute atomic E-state index is 0.443. The number of hydrogen-bond acceptors (Lipinski definition) is 6. The Kier molecular flexibility index (Phi) is 10.2. The molecular weight excluding hydrogens is 1170 g/mol. The first kappa shape index (κ1) is 52.0. The molecule has 3 spiro atoms. The van der Waals surface area contributed by atoms with Crippen molar-refractivity contribution in [1.82, 2.24) is 0 Å². The largest absolute Gasteiger partial charge is 0.454 e. The van der Waals surface area contributed by atoms with Crippen LogP contribution in [-0.4, -0.2) is 17.7 Å². The van der Waals surface area contributed by atoms with Gasteiger partial charge in [0.05, 0.1) is 0 Å². The molecule has 0 radical (unpaired) electrons. The molecule has 6 aliphatic carbocycles. The molecule has 0 unspecified atom stereocenters.